The van der Waals surface area contributed by atoms with Gasteiger partial charge >= 0.3 is 6.03 Å². The van der Waals surface area contributed by atoms with E-state index in [9.17, 15) is 10.1 Å². The lowest BCUT2D eigenvalue weighted by Gasteiger charge is -2.37. The minimum Gasteiger partial charge on any atom is -0.283 e. The molecule has 1 fully saturated rings. The Morgan fingerprint density at radius 3 is 2.15 bits per heavy atom. The first-order valence-corrected chi connectivity index (χ1v) is 11.3. The highest BCUT2D eigenvalue weighted by atomic mass is 35.5. The largest absolute Gasteiger partial charge is 0.331 e. The van der Waals surface area contributed by atoms with Crippen LogP contribution in [0.2, 0.25) is 10.0 Å². The fraction of sp³-hybridized carbons (Fsp3) is 0.185. The van der Waals surface area contributed by atoms with Gasteiger partial charge in [0.15, 0.2) is 0 Å². The van der Waals surface area contributed by atoms with Gasteiger partial charge in [0.2, 0.25) is 0 Å². The van der Waals surface area contributed by atoms with Crippen molar-refractivity contribution in [1.29, 1.82) is 5.26 Å². The average molecular weight is 474 g/mol. The summed E-state index contributed by atoms with van der Waals surface area (Å²) in [5.74, 6) is 2.99. The summed E-state index contributed by atoms with van der Waals surface area (Å²) >= 11 is 12.2. The van der Waals surface area contributed by atoms with E-state index in [1.54, 1.807) is 70.5 Å². The van der Waals surface area contributed by atoms with Crippen molar-refractivity contribution in [2.45, 2.75) is 31.3 Å². The highest BCUT2D eigenvalue weighted by Gasteiger charge is 2.57. The van der Waals surface area contributed by atoms with Crippen LogP contribution in [0.15, 0.2) is 72.8 Å². The minimum atomic E-state index is -0.993. The summed E-state index contributed by atoms with van der Waals surface area (Å²) in [6.07, 6.45) is 7.57. The van der Waals surface area contributed by atoms with E-state index in [0.29, 0.717) is 33.4 Å². The summed E-state index contributed by atoms with van der Waals surface area (Å²) in [7, 11) is 0. The number of hydrogen-bond acceptors (Lipinski definition) is 2. The molecule has 6 heteroatoms. The van der Waals surface area contributed by atoms with E-state index in [1.807, 2.05) is 19.1 Å². The molecule has 0 radical (unpaired) electrons. The van der Waals surface area contributed by atoms with Gasteiger partial charge in [-0.1, -0.05) is 54.6 Å². The molecular formula is C27H21Cl2N3O. The molecule has 33 heavy (non-hydrogen) atoms. The van der Waals surface area contributed by atoms with Crippen LogP contribution >= 0.6 is 23.2 Å². The van der Waals surface area contributed by atoms with Crippen molar-refractivity contribution in [2.24, 2.45) is 0 Å². The van der Waals surface area contributed by atoms with Crippen LogP contribution in [0.4, 0.5) is 16.2 Å². The van der Waals surface area contributed by atoms with Gasteiger partial charge in [0.05, 0.1) is 17.7 Å². The number of nitriles is 1. The smallest absolute Gasteiger partial charge is 0.283 e. The topological polar surface area (TPSA) is 47.3 Å². The Labute approximate surface area is 204 Å². The standard InChI is InChI=1S/C27H21Cl2N3O/c1-3-16-27(4-2)25(20-7-5-6-19(17-20)18-30)31(23-12-8-21(28)9-13-23)26(33)32(27)24-14-10-22(29)11-15-24/h2,5-15,17,25H,3,16H2,1H3/t25-,27+/m1/s1. The molecular weight excluding hydrogens is 453 g/mol. The van der Waals surface area contributed by atoms with Gasteiger partial charge in [0.25, 0.3) is 0 Å². The lowest BCUT2D eigenvalue weighted by molar-refractivity contribution is 0.254. The van der Waals surface area contributed by atoms with Gasteiger partial charge in [0, 0.05) is 21.4 Å². The predicted octanol–water partition coefficient (Wildman–Crippen LogP) is 7.23. The third-order valence-electron chi connectivity index (χ3n) is 5.91. The lowest BCUT2D eigenvalue weighted by atomic mass is 9.81. The third-order valence-corrected chi connectivity index (χ3v) is 6.41. The highest BCUT2D eigenvalue weighted by Crippen LogP contribution is 2.50. The Morgan fingerprint density at radius 1 is 1.00 bits per heavy atom. The molecule has 0 bridgehead atoms. The number of carbonyl (C=O) groups is 1. The number of hydrogen-bond donors (Lipinski definition) is 0. The maximum Gasteiger partial charge on any atom is 0.331 e. The van der Waals surface area contributed by atoms with E-state index >= 15 is 0 Å². The van der Waals surface area contributed by atoms with E-state index in [2.05, 4.69) is 12.0 Å². The Kier molecular flexibility index (Phi) is 6.34. The monoisotopic (exact) mass is 473 g/mol. The number of urea groups is 1. The SMILES string of the molecule is C#C[C@]1(CCC)[C@@H](c2cccc(C#N)c2)N(c2ccc(Cl)cc2)C(=O)N1c1ccc(Cl)cc1. The zero-order valence-electron chi connectivity index (χ0n) is 18.0. The lowest BCUT2D eigenvalue weighted by Crippen LogP contribution is -2.47. The summed E-state index contributed by atoms with van der Waals surface area (Å²) in [6.45, 7) is 2.04. The molecule has 0 spiro atoms. The van der Waals surface area contributed by atoms with E-state index < -0.39 is 11.6 Å². The second kappa shape index (κ2) is 9.20. The molecule has 2 atom stereocenters. The van der Waals surface area contributed by atoms with E-state index in [4.69, 9.17) is 29.6 Å². The molecule has 4 nitrogen and oxygen atoms in total. The van der Waals surface area contributed by atoms with Crippen LogP contribution in [0.3, 0.4) is 0 Å². The number of rotatable bonds is 5. The van der Waals surface area contributed by atoms with Gasteiger partial charge in [-0.3, -0.25) is 9.80 Å². The molecule has 0 aromatic heterocycles. The quantitative estimate of drug-likeness (QED) is 0.367. The summed E-state index contributed by atoms with van der Waals surface area (Å²) in [4.78, 5) is 17.5. The van der Waals surface area contributed by atoms with E-state index in [-0.39, 0.29) is 6.03 Å². The summed E-state index contributed by atoms with van der Waals surface area (Å²) in [6, 6.07) is 22.9. The predicted molar refractivity (Wildman–Crippen MR) is 134 cm³/mol. The molecule has 0 aliphatic carbocycles. The second-order valence-electron chi connectivity index (χ2n) is 7.90. The summed E-state index contributed by atoms with van der Waals surface area (Å²) in [5, 5.41) is 10.6. The van der Waals surface area contributed by atoms with E-state index in [1.165, 1.54) is 0 Å². The number of amides is 2. The van der Waals surface area contributed by atoms with Crippen LogP contribution in [0.1, 0.15) is 36.9 Å². The fourth-order valence-corrected chi connectivity index (χ4v) is 4.82. The first-order chi connectivity index (χ1) is 15.9. The van der Waals surface area contributed by atoms with Gasteiger partial charge in [-0.15, -0.1) is 6.42 Å². The molecule has 1 heterocycles. The first-order valence-electron chi connectivity index (χ1n) is 10.6. The van der Waals surface area contributed by atoms with Crippen molar-refractivity contribution in [3.05, 3.63) is 94.0 Å². The van der Waals surface area contributed by atoms with Crippen molar-refractivity contribution in [1.82, 2.24) is 0 Å². The van der Waals surface area contributed by atoms with Crippen molar-refractivity contribution in [3.8, 4) is 18.4 Å². The molecule has 2 amide bonds. The Hall–Kier alpha value is -3.44. The number of anilines is 2. The van der Waals surface area contributed by atoms with Crippen LogP contribution in [0, 0.1) is 23.7 Å². The van der Waals surface area contributed by atoms with Gasteiger partial charge < -0.3 is 0 Å². The number of terminal acetylenes is 1. The number of carbonyl (C=O) groups excluding carboxylic acids is 1. The Morgan fingerprint density at radius 2 is 1.61 bits per heavy atom. The minimum absolute atomic E-state index is 0.251. The molecule has 0 N–H and O–H groups in total. The second-order valence-corrected chi connectivity index (χ2v) is 8.77. The number of halogens is 2. The van der Waals surface area contributed by atoms with Crippen LogP contribution < -0.4 is 9.80 Å². The maximum absolute atomic E-state index is 14.1. The van der Waals surface area contributed by atoms with Crippen LogP contribution in [-0.4, -0.2) is 11.6 Å². The van der Waals surface area contributed by atoms with Crippen LogP contribution in [-0.2, 0) is 0 Å². The number of nitrogens with zero attached hydrogens (tertiary/aromatic N) is 3. The van der Waals surface area contributed by atoms with Crippen molar-refractivity contribution >= 4 is 40.6 Å². The number of benzene rings is 3. The molecule has 0 saturated carbocycles. The normalized spacial score (nSPS) is 19.9. The van der Waals surface area contributed by atoms with Crippen molar-refractivity contribution in [3.63, 3.8) is 0 Å². The van der Waals surface area contributed by atoms with Crippen molar-refractivity contribution in [2.75, 3.05) is 9.80 Å². The first kappa shape index (κ1) is 22.7. The molecule has 164 valence electrons. The fourth-order valence-electron chi connectivity index (χ4n) is 4.57. The molecule has 0 unspecified atom stereocenters. The molecule has 3 aromatic rings. The summed E-state index contributed by atoms with van der Waals surface area (Å²) in [5.41, 5.74) is 1.63. The molecule has 1 saturated heterocycles. The molecule has 4 rings (SSSR count). The average Bonchev–Trinajstić information content (AvgIpc) is 3.09. The molecule has 3 aromatic carbocycles. The maximum atomic E-state index is 14.1. The zero-order valence-corrected chi connectivity index (χ0v) is 19.5. The molecule has 1 aliphatic rings. The van der Waals surface area contributed by atoms with Crippen LogP contribution in [0.5, 0.6) is 0 Å². The van der Waals surface area contributed by atoms with Gasteiger partial charge in [-0.2, -0.15) is 5.26 Å². The highest BCUT2D eigenvalue weighted by molar-refractivity contribution is 6.31. The molecule has 1 aliphatic heterocycles. The zero-order chi connectivity index (χ0) is 23.6. The van der Waals surface area contributed by atoms with Gasteiger partial charge in [-0.05, 0) is 72.6 Å². The van der Waals surface area contributed by atoms with Crippen molar-refractivity contribution < 1.29 is 4.79 Å². The summed E-state index contributed by atoms with van der Waals surface area (Å²) < 4.78 is 0. The van der Waals surface area contributed by atoms with E-state index in [0.717, 1.165) is 12.0 Å². The van der Waals surface area contributed by atoms with Gasteiger partial charge in [0.1, 0.15) is 5.54 Å². The Balaban J connectivity index is 2.00. The van der Waals surface area contributed by atoms with Gasteiger partial charge in [-0.25, -0.2) is 4.79 Å². The van der Waals surface area contributed by atoms with Crippen LogP contribution in [0.25, 0.3) is 0 Å². The third kappa shape index (κ3) is 3.93. The Bertz CT molecular complexity index is 1260.